The molecule has 1 aromatic carbocycles. The second kappa shape index (κ2) is 8.21. The zero-order chi connectivity index (χ0) is 20.1. The lowest BCUT2D eigenvalue weighted by Gasteiger charge is -2.12. The van der Waals surface area contributed by atoms with Crippen molar-refractivity contribution < 1.29 is 28.8 Å². The van der Waals surface area contributed by atoms with E-state index in [9.17, 15) is 9.90 Å². The Bertz CT molecular complexity index is 986. The molecule has 2 aromatic heterocycles. The van der Waals surface area contributed by atoms with Crippen molar-refractivity contribution in [3.63, 3.8) is 0 Å². The molecule has 0 amide bonds. The molecule has 9 nitrogen and oxygen atoms in total. The second-order valence-corrected chi connectivity index (χ2v) is 5.39. The molecule has 144 valence electrons. The molecule has 9 heteroatoms. The summed E-state index contributed by atoms with van der Waals surface area (Å²) >= 11 is 0. The summed E-state index contributed by atoms with van der Waals surface area (Å²) in [5.41, 5.74) is 0.693. The van der Waals surface area contributed by atoms with Gasteiger partial charge in [0, 0.05) is 11.6 Å². The lowest BCUT2D eigenvalue weighted by molar-refractivity contribution is 0.0695. The fraction of sp³-hybridized carbons (Fsp3) is 0.158. The van der Waals surface area contributed by atoms with Gasteiger partial charge in [-0.1, -0.05) is 18.2 Å². The van der Waals surface area contributed by atoms with E-state index >= 15 is 0 Å². The minimum absolute atomic E-state index is 0.0462. The summed E-state index contributed by atoms with van der Waals surface area (Å²) in [4.78, 5) is 24.4. The summed E-state index contributed by atoms with van der Waals surface area (Å²) in [5.74, 6) is -0.357. The topological polar surface area (TPSA) is 113 Å². The van der Waals surface area contributed by atoms with Crippen molar-refractivity contribution in [3.8, 4) is 40.7 Å². The molecule has 0 saturated carbocycles. The van der Waals surface area contributed by atoms with Crippen LogP contribution in [0.5, 0.6) is 29.4 Å². The van der Waals surface area contributed by atoms with E-state index in [1.807, 2.05) is 0 Å². The molecule has 3 rings (SSSR count). The Morgan fingerprint density at radius 2 is 1.50 bits per heavy atom. The van der Waals surface area contributed by atoms with Gasteiger partial charge in [0.15, 0.2) is 0 Å². The Balaban J connectivity index is 2.09. The number of carbonyl (C=O) groups is 1. The standard InChI is InChI=1S/C19H17N3O6/c1-25-14-9-5-7-12(20-14)11-6-4-8-13(17(11)18(23)24)28-19-21-15(26-2)10-16(22-19)27-3/h4-10H,1-3H3,(H,23,24). The van der Waals surface area contributed by atoms with Gasteiger partial charge in [-0.25, -0.2) is 9.78 Å². The molecule has 0 radical (unpaired) electrons. The van der Waals surface area contributed by atoms with Crippen LogP contribution >= 0.6 is 0 Å². The Morgan fingerprint density at radius 3 is 2.11 bits per heavy atom. The molecule has 0 aliphatic rings. The maximum atomic E-state index is 12.0. The lowest BCUT2D eigenvalue weighted by Crippen LogP contribution is -2.05. The van der Waals surface area contributed by atoms with Gasteiger partial charge < -0.3 is 24.1 Å². The summed E-state index contributed by atoms with van der Waals surface area (Å²) in [6, 6.07) is 11.2. The van der Waals surface area contributed by atoms with Crippen LogP contribution in [0.3, 0.4) is 0 Å². The van der Waals surface area contributed by atoms with E-state index in [4.69, 9.17) is 18.9 Å². The van der Waals surface area contributed by atoms with E-state index in [2.05, 4.69) is 15.0 Å². The molecule has 0 fully saturated rings. The quantitative estimate of drug-likeness (QED) is 0.657. The van der Waals surface area contributed by atoms with Gasteiger partial charge >= 0.3 is 12.0 Å². The van der Waals surface area contributed by atoms with Crippen molar-refractivity contribution in [2.75, 3.05) is 21.3 Å². The van der Waals surface area contributed by atoms with Gasteiger partial charge in [0.1, 0.15) is 11.3 Å². The molecule has 3 aromatic rings. The number of hydrogen-bond acceptors (Lipinski definition) is 8. The first kappa shape index (κ1) is 18.9. The Kier molecular flexibility index (Phi) is 5.54. The number of ether oxygens (including phenoxy) is 4. The number of nitrogens with zero attached hydrogens (tertiary/aromatic N) is 3. The number of pyridine rings is 1. The van der Waals surface area contributed by atoms with E-state index in [1.54, 1.807) is 30.3 Å². The van der Waals surface area contributed by atoms with E-state index in [0.717, 1.165) is 0 Å². The fourth-order valence-electron chi connectivity index (χ4n) is 2.47. The van der Waals surface area contributed by atoms with Crippen molar-refractivity contribution in [1.29, 1.82) is 0 Å². The smallest absolute Gasteiger partial charge is 0.340 e. The summed E-state index contributed by atoms with van der Waals surface area (Å²) in [6.45, 7) is 0. The lowest BCUT2D eigenvalue weighted by atomic mass is 10.0. The van der Waals surface area contributed by atoms with Crippen LogP contribution in [0.15, 0.2) is 42.5 Å². The van der Waals surface area contributed by atoms with Crippen molar-refractivity contribution >= 4 is 5.97 Å². The Labute approximate surface area is 160 Å². The van der Waals surface area contributed by atoms with Gasteiger partial charge in [0.25, 0.3) is 0 Å². The predicted molar refractivity (Wildman–Crippen MR) is 98.4 cm³/mol. The molecule has 28 heavy (non-hydrogen) atoms. The highest BCUT2D eigenvalue weighted by atomic mass is 16.5. The third-order valence-electron chi connectivity index (χ3n) is 3.73. The number of carboxylic acid groups (broad SMARTS) is 1. The number of hydrogen-bond donors (Lipinski definition) is 1. The van der Waals surface area contributed by atoms with E-state index in [0.29, 0.717) is 17.1 Å². The van der Waals surface area contributed by atoms with Gasteiger partial charge in [0.05, 0.1) is 33.1 Å². The highest BCUT2D eigenvalue weighted by Gasteiger charge is 2.21. The number of carboxylic acids is 1. The van der Waals surface area contributed by atoms with Crippen LogP contribution in [0.1, 0.15) is 10.4 Å². The molecule has 0 bridgehead atoms. The number of rotatable bonds is 7. The van der Waals surface area contributed by atoms with Crippen LogP contribution in [0.2, 0.25) is 0 Å². The van der Waals surface area contributed by atoms with E-state index in [1.165, 1.54) is 33.5 Å². The van der Waals surface area contributed by atoms with E-state index in [-0.39, 0.29) is 29.1 Å². The summed E-state index contributed by atoms with van der Waals surface area (Å²) < 4.78 is 20.9. The van der Waals surface area contributed by atoms with Crippen molar-refractivity contribution in [2.45, 2.75) is 0 Å². The average Bonchev–Trinajstić information content (AvgIpc) is 2.73. The number of aromatic nitrogens is 3. The molecule has 0 aliphatic heterocycles. The van der Waals surface area contributed by atoms with Gasteiger partial charge in [0.2, 0.25) is 17.6 Å². The maximum Gasteiger partial charge on any atom is 0.340 e. The molecule has 0 saturated heterocycles. The molecule has 0 aliphatic carbocycles. The molecular formula is C19H17N3O6. The first-order valence-corrected chi connectivity index (χ1v) is 8.08. The maximum absolute atomic E-state index is 12.0. The van der Waals surface area contributed by atoms with Crippen LogP contribution in [0.25, 0.3) is 11.3 Å². The molecular weight excluding hydrogens is 366 g/mol. The SMILES string of the molecule is COc1cccc(-c2cccc(Oc3nc(OC)cc(OC)n3)c2C(=O)O)n1. The third kappa shape index (κ3) is 3.93. The predicted octanol–water partition coefficient (Wildman–Crippen LogP) is 3.05. The van der Waals surface area contributed by atoms with Crippen molar-refractivity contribution in [3.05, 3.63) is 48.0 Å². The van der Waals surface area contributed by atoms with Crippen molar-refractivity contribution in [2.24, 2.45) is 0 Å². The number of benzene rings is 1. The van der Waals surface area contributed by atoms with E-state index < -0.39 is 5.97 Å². The first-order valence-electron chi connectivity index (χ1n) is 8.08. The molecule has 2 heterocycles. The highest BCUT2D eigenvalue weighted by molar-refractivity contribution is 5.98. The minimum atomic E-state index is -1.19. The molecule has 0 spiro atoms. The van der Waals surface area contributed by atoms with Crippen LogP contribution in [-0.4, -0.2) is 47.4 Å². The Morgan fingerprint density at radius 1 is 0.857 bits per heavy atom. The summed E-state index contributed by atoms with van der Waals surface area (Å²) in [5, 5.41) is 9.78. The molecule has 1 N–H and O–H groups in total. The first-order chi connectivity index (χ1) is 13.5. The number of methoxy groups -OCH3 is 3. The minimum Gasteiger partial charge on any atom is -0.481 e. The molecule has 0 atom stereocenters. The van der Waals surface area contributed by atoms with Gasteiger partial charge in [-0.15, -0.1) is 0 Å². The third-order valence-corrected chi connectivity index (χ3v) is 3.73. The van der Waals surface area contributed by atoms with Crippen LogP contribution < -0.4 is 18.9 Å². The van der Waals surface area contributed by atoms with Gasteiger partial charge in [-0.05, 0) is 12.1 Å². The normalized spacial score (nSPS) is 10.2. The monoisotopic (exact) mass is 383 g/mol. The van der Waals surface area contributed by atoms with Crippen LogP contribution in [-0.2, 0) is 0 Å². The summed E-state index contributed by atoms with van der Waals surface area (Å²) in [6.07, 6.45) is 0. The highest BCUT2D eigenvalue weighted by Crippen LogP contribution is 2.33. The van der Waals surface area contributed by atoms with Crippen molar-refractivity contribution in [1.82, 2.24) is 15.0 Å². The second-order valence-electron chi connectivity index (χ2n) is 5.39. The largest absolute Gasteiger partial charge is 0.481 e. The van der Waals surface area contributed by atoms with Gasteiger partial charge in [-0.3, -0.25) is 0 Å². The molecule has 0 unspecified atom stereocenters. The Hall–Kier alpha value is -3.88. The zero-order valence-corrected chi connectivity index (χ0v) is 15.4. The van der Waals surface area contributed by atoms with Crippen LogP contribution in [0, 0.1) is 0 Å². The summed E-state index contributed by atoms with van der Waals surface area (Å²) in [7, 11) is 4.35. The average molecular weight is 383 g/mol. The van der Waals surface area contributed by atoms with Crippen LogP contribution in [0.4, 0.5) is 0 Å². The zero-order valence-electron chi connectivity index (χ0n) is 15.4. The fourth-order valence-corrected chi connectivity index (χ4v) is 2.47. The number of aromatic carboxylic acids is 1. The van der Waals surface area contributed by atoms with Gasteiger partial charge in [-0.2, -0.15) is 9.97 Å².